The topological polar surface area (TPSA) is 38.7 Å². The number of pyridine rings is 3. The molecule has 0 atom stereocenters. The van der Waals surface area contributed by atoms with Gasteiger partial charge in [0.05, 0.1) is 8.07 Å². The van der Waals surface area contributed by atoms with Gasteiger partial charge in [-0.25, -0.2) is 4.98 Å². The Kier molecular flexibility index (Phi) is 7.97. The molecule has 0 fully saturated rings. The van der Waals surface area contributed by atoms with Crippen molar-refractivity contribution >= 4 is 44.9 Å². The second kappa shape index (κ2) is 13.3. The molecule has 0 aliphatic carbocycles. The molecule has 2 aromatic carbocycles. The fourth-order valence-electron chi connectivity index (χ4n) is 4.51. The Labute approximate surface area is 269 Å². The summed E-state index contributed by atoms with van der Waals surface area (Å²) < 4.78 is 40.7. The van der Waals surface area contributed by atoms with Gasteiger partial charge in [0, 0.05) is 45.0 Å². The van der Waals surface area contributed by atoms with Crippen LogP contribution in [0.5, 0.6) is 0 Å². The van der Waals surface area contributed by atoms with Crippen LogP contribution in [0.25, 0.3) is 42.8 Å². The second-order valence-electron chi connectivity index (χ2n) is 10.9. The molecule has 0 aliphatic rings. The van der Waals surface area contributed by atoms with Crippen LogP contribution in [0.2, 0.25) is 19.6 Å². The van der Waals surface area contributed by atoms with Gasteiger partial charge in [-0.15, -0.1) is 59.7 Å². The summed E-state index contributed by atoms with van der Waals surface area (Å²) in [5.41, 5.74) is 4.39. The zero-order valence-corrected chi connectivity index (χ0v) is 28.0. The summed E-state index contributed by atoms with van der Waals surface area (Å²) in [6.07, 6.45) is 2.28. The van der Waals surface area contributed by atoms with Crippen LogP contribution in [-0.2, 0) is 26.5 Å². The van der Waals surface area contributed by atoms with Crippen LogP contribution < -0.4 is 5.19 Å². The minimum absolute atomic E-state index is 0. The zero-order chi connectivity index (χ0) is 32.6. The van der Waals surface area contributed by atoms with Crippen LogP contribution in [0, 0.1) is 24.9 Å². The average molecular weight is 755 g/mol. The molecule has 4 heterocycles. The monoisotopic (exact) mass is 755 g/mol. The van der Waals surface area contributed by atoms with Crippen molar-refractivity contribution in [3.05, 3.63) is 109 Å². The first-order chi connectivity index (χ1) is 21.2. The van der Waals surface area contributed by atoms with Crippen molar-refractivity contribution in [3.63, 3.8) is 0 Å². The number of benzene rings is 2. The van der Waals surface area contributed by atoms with Crippen LogP contribution in [0.15, 0.2) is 85.2 Å². The van der Waals surface area contributed by atoms with Crippen molar-refractivity contribution in [1.29, 1.82) is 0 Å². The predicted molar refractivity (Wildman–Crippen MR) is 174 cm³/mol. The molecule has 6 heteroatoms. The molecule has 4 aromatic heterocycles. The summed E-state index contributed by atoms with van der Waals surface area (Å²) in [4.78, 5) is 14.0. The molecule has 0 aliphatic heterocycles. The molecule has 0 amide bonds. The number of thiophene rings is 1. The third-order valence-electron chi connectivity index (χ3n) is 6.36. The minimum Gasteiger partial charge on any atom is -0.305 e. The first-order valence-electron chi connectivity index (χ1n) is 15.8. The largest absolute Gasteiger partial charge is 0.305 e. The zero-order valence-electron chi connectivity index (χ0n) is 28.7. The summed E-state index contributed by atoms with van der Waals surface area (Å²) in [6, 6.07) is 29.1. The Morgan fingerprint density at radius 2 is 1.76 bits per heavy atom. The van der Waals surface area contributed by atoms with Gasteiger partial charge >= 0.3 is 0 Å². The number of rotatable bonds is 5. The van der Waals surface area contributed by atoms with Crippen molar-refractivity contribution in [2.75, 3.05) is 0 Å². The fraction of sp³-hybridized carbons (Fsp3) is 0.229. The number of hydrogen-bond donors (Lipinski definition) is 0. The normalized spacial score (nSPS) is 13.8. The number of hydrogen-bond acceptors (Lipinski definition) is 4. The maximum atomic E-state index is 8.55. The maximum absolute atomic E-state index is 8.55. The van der Waals surface area contributed by atoms with Crippen molar-refractivity contribution < 1.29 is 27.0 Å². The smallest absolute Gasteiger partial charge is 0.113 e. The van der Waals surface area contributed by atoms with E-state index in [1.165, 1.54) is 11.3 Å². The Morgan fingerprint density at radius 3 is 2.44 bits per heavy atom. The van der Waals surface area contributed by atoms with E-state index in [1.54, 1.807) is 12.3 Å². The van der Waals surface area contributed by atoms with Gasteiger partial charge in [0.25, 0.3) is 0 Å². The standard InChI is InChI=1S/C18H24NSi.C17H11N2S.Ir/c1-14(2)11-16-12-17(15-9-7-6-8-10-15)19-13-18(16)20(3,4)5;1-11-8-9-13-12-5-4-6-14(15-7-2-3-10-18-15)16(12)20-17(13)19-11;/h6-9,12-14H,11H2,1-5H3;2-5,7-10H,1H3;/q2*-1;/i11D2;1D3;. The third kappa shape index (κ3) is 7.25. The van der Waals surface area contributed by atoms with Gasteiger partial charge in [0.2, 0.25) is 0 Å². The molecule has 0 N–H and O–H groups in total. The van der Waals surface area contributed by atoms with E-state index in [9.17, 15) is 0 Å². The molecule has 0 saturated carbocycles. The van der Waals surface area contributed by atoms with E-state index in [4.69, 9.17) is 6.85 Å². The molecular weight excluding hydrogens is 715 g/mol. The van der Waals surface area contributed by atoms with Gasteiger partial charge in [-0.05, 0) is 57.9 Å². The number of nitrogens with zero attached hydrogens (tertiary/aromatic N) is 3. The number of fused-ring (bicyclic) bond motifs is 3. The van der Waals surface area contributed by atoms with Crippen molar-refractivity contribution in [3.8, 4) is 22.5 Å². The van der Waals surface area contributed by atoms with E-state index in [1.807, 2.05) is 86.8 Å². The van der Waals surface area contributed by atoms with E-state index in [0.29, 0.717) is 0 Å². The van der Waals surface area contributed by atoms with Crippen LogP contribution >= 0.6 is 11.3 Å². The summed E-state index contributed by atoms with van der Waals surface area (Å²) >= 11 is 1.48. The van der Waals surface area contributed by atoms with Gasteiger partial charge in [0.1, 0.15) is 4.83 Å². The molecular formula is C35H35IrN3SSi-2. The maximum Gasteiger partial charge on any atom is 0.113 e. The first kappa shape index (κ1) is 24.6. The van der Waals surface area contributed by atoms with Gasteiger partial charge in [-0.2, -0.15) is 11.3 Å². The van der Waals surface area contributed by atoms with Crippen LogP contribution in [-0.4, -0.2) is 23.0 Å². The Bertz CT molecular complexity index is 1940. The van der Waals surface area contributed by atoms with Gasteiger partial charge in [-0.1, -0.05) is 68.7 Å². The molecule has 0 unspecified atom stereocenters. The Morgan fingerprint density at radius 1 is 0.927 bits per heavy atom. The van der Waals surface area contributed by atoms with Gasteiger partial charge in [-0.3, -0.25) is 0 Å². The van der Waals surface area contributed by atoms with Crippen molar-refractivity contribution in [2.24, 2.45) is 5.92 Å². The predicted octanol–water partition coefficient (Wildman–Crippen LogP) is 8.91. The van der Waals surface area contributed by atoms with Crippen LogP contribution in [0.3, 0.4) is 0 Å². The third-order valence-corrected chi connectivity index (χ3v) is 9.51. The molecule has 1 radical (unpaired) electrons. The van der Waals surface area contributed by atoms with E-state index >= 15 is 0 Å². The second-order valence-corrected chi connectivity index (χ2v) is 16.9. The molecule has 0 spiro atoms. The fourth-order valence-corrected chi connectivity index (χ4v) is 7.09. The SMILES string of the molecule is [2H]C([2H])([2H])c1ccc2c(n1)sc1c(-c3ccccn3)[c-]ccc12.[2H]C([2H])(c1cc(-c2[c-]cccc2)ncc1[Si](C)(C)C)C(C)C.[Ir]. The molecule has 0 saturated heterocycles. The van der Waals surface area contributed by atoms with E-state index in [0.717, 1.165) is 53.6 Å². The minimum atomic E-state index is -2.19. The number of aromatic nitrogens is 3. The molecule has 6 aromatic rings. The molecule has 6 rings (SSSR count). The Hall–Kier alpha value is -3.02. The summed E-state index contributed by atoms with van der Waals surface area (Å²) in [7, 11) is -1.67. The van der Waals surface area contributed by atoms with Gasteiger partial charge < -0.3 is 9.97 Å². The quantitative estimate of drug-likeness (QED) is 0.130. The molecule has 211 valence electrons. The Balaban J connectivity index is 0.000000205. The van der Waals surface area contributed by atoms with E-state index < -0.39 is 21.3 Å². The number of aryl methyl sites for hydroxylation is 1. The van der Waals surface area contributed by atoms with Crippen LogP contribution in [0.1, 0.15) is 32.0 Å². The van der Waals surface area contributed by atoms with Crippen LogP contribution in [0.4, 0.5) is 0 Å². The molecule has 41 heavy (non-hydrogen) atoms. The first-order valence-corrected chi connectivity index (χ1v) is 17.6. The van der Waals surface area contributed by atoms with Crippen molar-refractivity contribution in [2.45, 2.75) is 46.7 Å². The summed E-state index contributed by atoms with van der Waals surface area (Å²) in [5, 5.41) is 3.11. The average Bonchev–Trinajstić information content (AvgIpc) is 3.39. The molecule has 0 bridgehead atoms. The van der Waals surface area contributed by atoms with E-state index in [2.05, 4.69) is 46.7 Å². The summed E-state index contributed by atoms with van der Waals surface area (Å²) in [6.45, 7) is 8.38. The summed E-state index contributed by atoms with van der Waals surface area (Å²) in [5.74, 6) is -0.0856. The molecule has 3 nitrogen and oxygen atoms in total. The van der Waals surface area contributed by atoms with Crippen molar-refractivity contribution in [1.82, 2.24) is 15.0 Å². The van der Waals surface area contributed by atoms with Gasteiger partial charge in [0.15, 0.2) is 0 Å². The van der Waals surface area contributed by atoms with E-state index in [-0.39, 0.29) is 31.7 Å².